The van der Waals surface area contributed by atoms with Crippen LogP contribution < -0.4 is 10.6 Å². The van der Waals surface area contributed by atoms with Gasteiger partial charge in [0.25, 0.3) is 0 Å². The Morgan fingerprint density at radius 1 is 1.47 bits per heavy atom. The zero-order chi connectivity index (χ0) is 12.0. The van der Waals surface area contributed by atoms with E-state index in [1.54, 1.807) is 6.07 Å². The van der Waals surface area contributed by atoms with Crippen LogP contribution in [0.4, 0.5) is 10.1 Å². The summed E-state index contributed by atoms with van der Waals surface area (Å²) in [7, 11) is 0. The highest BCUT2D eigenvalue weighted by Gasteiger charge is 2.49. The van der Waals surface area contributed by atoms with Gasteiger partial charge in [0.05, 0.1) is 12.1 Å². The summed E-state index contributed by atoms with van der Waals surface area (Å²) in [5.74, 6) is 0.890. The standard InChI is InChI=1S/C13H16FN3/c1-13(9-5-6-9)8-16-12(15)17(13)11-4-2-3-10(14)7-11/h2-4,7,9H,5-6,8H2,1H3,(H2,15,16). The van der Waals surface area contributed by atoms with Crippen molar-refractivity contribution in [3.05, 3.63) is 30.1 Å². The van der Waals surface area contributed by atoms with Crippen LogP contribution in [-0.2, 0) is 0 Å². The van der Waals surface area contributed by atoms with Crippen LogP contribution in [0, 0.1) is 11.7 Å². The molecule has 1 aliphatic heterocycles. The smallest absolute Gasteiger partial charge is 0.196 e. The van der Waals surface area contributed by atoms with Gasteiger partial charge in [-0.25, -0.2) is 4.39 Å². The van der Waals surface area contributed by atoms with Crippen molar-refractivity contribution in [1.29, 1.82) is 0 Å². The third-order valence-corrected chi connectivity index (χ3v) is 3.82. The van der Waals surface area contributed by atoms with E-state index in [1.165, 1.54) is 25.0 Å². The first-order valence-electron chi connectivity index (χ1n) is 5.97. The molecular formula is C13H16FN3. The summed E-state index contributed by atoms with van der Waals surface area (Å²) in [6.07, 6.45) is 2.43. The van der Waals surface area contributed by atoms with E-state index in [-0.39, 0.29) is 11.4 Å². The molecule has 90 valence electrons. The van der Waals surface area contributed by atoms with Gasteiger partial charge in [0.2, 0.25) is 0 Å². The molecule has 0 radical (unpaired) electrons. The molecule has 0 aromatic heterocycles. The third-order valence-electron chi connectivity index (χ3n) is 3.82. The molecule has 0 bridgehead atoms. The van der Waals surface area contributed by atoms with Crippen LogP contribution >= 0.6 is 0 Å². The van der Waals surface area contributed by atoms with Crippen LogP contribution in [0.1, 0.15) is 19.8 Å². The third kappa shape index (κ3) is 1.59. The number of nitrogens with two attached hydrogens (primary N) is 1. The van der Waals surface area contributed by atoms with E-state index < -0.39 is 0 Å². The summed E-state index contributed by atoms with van der Waals surface area (Å²) in [5, 5.41) is 0. The van der Waals surface area contributed by atoms with Crippen molar-refractivity contribution in [2.45, 2.75) is 25.3 Å². The van der Waals surface area contributed by atoms with Gasteiger partial charge >= 0.3 is 0 Å². The van der Waals surface area contributed by atoms with Crippen molar-refractivity contribution in [3.8, 4) is 0 Å². The average molecular weight is 233 g/mol. The maximum Gasteiger partial charge on any atom is 0.196 e. The van der Waals surface area contributed by atoms with E-state index in [9.17, 15) is 4.39 Å². The Hall–Kier alpha value is -1.58. The van der Waals surface area contributed by atoms with E-state index in [4.69, 9.17) is 5.73 Å². The van der Waals surface area contributed by atoms with Gasteiger partial charge < -0.3 is 10.6 Å². The minimum Gasteiger partial charge on any atom is -0.369 e. The van der Waals surface area contributed by atoms with Gasteiger partial charge in [-0.15, -0.1) is 0 Å². The largest absolute Gasteiger partial charge is 0.369 e. The lowest BCUT2D eigenvalue weighted by Crippen LogP contribution is -2.51. The maximum atomic E-state index is 13.3. The number of nitrogens with zero attached hydrogens (tertiary/aromatic N) is 2. The number of anilines is 1. The summed E-state index contributed by atoms with van der Waals surface area (Å²) < 4.78 is 13.3. The van der Waals surface area contributed by atoms with Gasteiger partial charge in [-0.3, -0.25) is 4.99 Å². The van der Waals surface area contributed by atoms with Crippen LogP contribution in [0.25, 0.3) is 0 Å². The average Bonchev–Trinajstić information content (AvgIpc) is 3.07. The van der Waals surface area contributed by atoms with Crippen LogP contribution in [0.5, 0.6) is 0 Å². The molecule has 2 aliphatic rings. The molecule has 1 atom stereocenters. The summed E-state index contributed by atoms with van der Waals surface area (Å²) in [6, 6.07) is 6.57. The summed E-state index contributed by atoms with van der Waals surface area (Å²) in [6.45, 7) is 2.87. The Morgan fingerprint density at radius 3 is 2.88 bits per heavy atom. The fourth-order valence-electron chi connectivity index (χ4n) is 2.70. The Morgan fingerprint density at radius 2 is 2.24 bits per heavy atom. The topological polar surface area (TPSA) is 41.6 Å². The molecule has 0 saturated heterocycles. The highest BCUT2D eigenvalue weighted by atomic mass is 19.1. The predicted molar refractivity (Wildman–Crippen MR) is 66.5 cm³/mol. The lowest BCUT2D eigenvalue weighted by molar-refractivity contribution is 0.439. The fourth-order valence-corrected chi connectivity index (χ4v) is 2.70. The van der Waals surface area contributed by atoms with Gasteiger partial charge in [0, 0.05) is 5.69 Å². The highest BCUT2D eigenvalue weighted by molar-refractivity contribution is 5.98. The quantitative estimate of drug-likeness (QED) is 0.850. The number of aliphatic imine (C=N–C) groups is 1. The van der Waals surface area contributed by atoms with Crippen LogP contribution in [0.2, 0.25) is 0 Å². The number of hydrogen-bond donors (Lipinski definition) is 1. The van der Waals surface area contributed by atoms with Gasteiger partial charge in [0.15, 0.2) is 5.96 Å². The van der Waals surface area contributed by atoms with E-state index in [1.807, 2.05) is 11.0 Å². The normalized spacial score (nSPS) is 28.4. The number of halogens is 1. The zero-order valence-electron chi connectivity index (χ0n) is 9.86. The second-order valence-corrected chi connectivity index (χ2v) is 5.12. The molecule has 1 fully saturated rings. The highest BCUT2D eigenvalue weighted by Crippen LogP contribution is 2.46. The molecule has 1 heterocycles. The molecule has 1 aliphatic carbocycles. The molecule has 0 spiro atoms. The molecular weight excluding hydrogens is 217 g/mol. The Bertz CT molecular complexity index is 481. The first-order chi connectivity index (χ1) is 8.11. The summed E-state index contributed by atoms with van der Waals surface area (Å²) >= 11 is 0. The molecule has 1 saturated carbocycles. The first-order valence-corrected chi connectivity index (χ1v) is 5.97. The minimum atomic E-state index is -0.236. The molecule has 1 unspecified atom stereocenters. The monoisotopic (exact) mass is 233 g/mol. The number of rotatable bonds is 2. The molecule has 3 nitrogen and oxygen atoms in total. The molecule has 4 heteroatoms. The Balaban J connectivity index is 2.01. The van der Waals surface area contributed by atoms with Crippen molar-refractivity contribution >= 4 is 11.6 Å². The minimum absolute atomic E-state index is 0.0716. The second kappa shape index (κ2) is 3.45. The number of hydrogen-bond acceptors (Lipinski definition) is 3. The second-order valence-electron chi connectivity index (χ2n) is 5.12. The first kappa shape index (κ1) is 10.6. The fraction of sp³-hybridized carbons (Fsp3) is 0.462. The number of benzene rings is 1. The predicted octanol–water partition coefficient (Wildman–Crippen LogP) is 2.13. The molecule has 2 N–H and O–H groups in total. The molecule has 3 rings (SSSR count). The summed E-state index contributed by atoms with van der Waals surface area (Å²) in [4.78, 5) is 6.33. The van der Waals surface area contributed by atoms with Crippen LogP contribution in [0.15, 0.2) is 29.3 Å². The van der Waals surface area contributed by atoms with Gasteiger partial charge in [-0.05, 0) is 43.9 Å². The van der Waals surface area contributed by atoms with Gasteiger partial charge in [-0.2, -0.15) is 0 Å². The maximum absolute atomic E-state index is 13.3. The van der Waals surface area contributed by atoms with E-state index in [0.717, 1.165) is 5.69 Å². The number of guanidine groups is 1. The lowest BCUT2D eigenvalue weighted by atomic mass is 9.94. The summed E-state index contributed by atoms with van der Waals surface area (Å²) in [5.41, 5.74) is 6.69. The molecule has 1 aromatic rings. The lowest BCUT2D eigenvalue weighted by Gasteiger charge is -2.36. The van der Waals surface area contributed by atoms with Crippen molar-refractivity contribution in [2.75, 3.05) is 11.4 Å². The Labute approximate surface area is 100 Å². The van der Waals surface area contributed by atoms with Crippen molar-refractivity contribution in [2.24, 2.45) is 16.6 Å². The van der Waals surface area contributed by atoms with Crippen molar-refractivity contribution in [3.63, 3.8) is 0 Å². The van der Waals surface area contributed by atoms with E-state index >= 15 is 0 Å². The van der Waals surface area contributed by atoms with E-state index in [0.29, 0.717) is 18.4 Å². The van der Waals surface area contributed by atoms with Crippen LogP contribution in [-0.4, -0.2) is 18.0 Å². The zero-order valence-corrected chi connectivity index (χ0v) is 9.86. The van der Waals surface area contributed by atoms with E-state index in [2.05, 4.69) is 11.9 Å². The molecule has 17 heavy (non-hydrogen) atoms. The SMILES string of the molecule is CC1(C2CC2)CN=C(N)N1c1cccc(F)c1. The molecule has 1 aromatic carbocycles. The van der Waals surface area contributed by atoms with Crippen molar-refractivity contribution < 1.29 is 4.39 Å². The van der Waals surface area contributed by atoms with Gasteiger partial charge in [-0.1, -0.05) is 6.07 Å². The van der Waals surface area contributed by atoms with Crippen molar-refractivity contribution in [1.82, 2.24) is 0 Å². The Kier molecular flexibility index (Phi) is 2.15. The van der Waals surface area contributed by atoms with Crippen LogP contribution in [0.3, 0.4) is 0 Å². The molecule has 0 amide bonds. The van der Waals surface area contributed by atoms with Gasteiger partial charge in [0.1, 0.15) is 5.82 Å².